The fourth-order valence-electron chi connectivity index (χ4n) is 4.26. The fourth-order valence-corrected chi connectivity index (χ4v) is 4.26. The summed E-state index contributed by atoms with van der Waals surface area (Å²) in [5, 5.41) is 6.71. The summed E-state index contributed by atoms with van der Waals surface area (Å²) >= 11 is 0. The monoisotopic (exact) mass is 432 g/mol. The van der Waals surface area contributed by atoms with Crippen LogP contribution in [0.4, 0.5) is 0 Å². The lowest BCUT2D eigenvalue weighted by Gasteiger charge is -2.29. The molecule has 3 aromatic rings. The molecule has 0 saturated carbocycles. The molecule has 0 spiro atoms. The molecule has 4 heterocycles. The number of nitrogens with one attached hydrogen (secondary N) is 1. The Morgan fingerprint density at radius 1 is 1.12 bits per heavy atom. The predicted molar refractivity (Wildman–Crippen MR) is 112 cm³/mol. The number of aryl methyl sites for hydroxylation is 1. The lowest BCUT2D eigenvalue weighted by atomic mass is 10.00. The smallest absolute Gasteiger partial charge is 0.255 e. The zero-order chi connectivity index (χ0) is 22.4. The van der Waals surface area contributed by atoms with E-state index >= 15 is 0 Å². The molecule has 5 rings (SSSR count). The van der Waals surface area contributed by atoms with Crippen molar-refractivity contribution >= 4 is 17.7 Å². The molecule has 1 N–H and O–H groups in total. The number of aromatic nitrogens is 4. The van der Waals surface area contributed by atoms with Crippen LogP contribution in [0.15, 0.2) is 36.8 Å². The Morgan fingerprint density at radius 2 is 1.97 bits per heavy atom. The summed E-state index contributed by atoms with van der Waals surface area (Å²) in [6.07, 6.45) is 5.47. The van der Waals surface area contributed by atoms with Crippen molar-refractivity contribution in [1.29, 1.82) is 0 Å². The van der Waals surface area contributed by atoms with Crippen molar-refractivity contribution in [1.82, 2.24) is 30.0 Å². The SMILES string of the molecule is COc1cncc(-c2c(-c3ccc4c(c3)CN([C@H]3CCC(=O)NC3=O)C4=O)cnn2C)n1. The first-order valence-corrected chi connectivity index (χ1v) is 10.1. The number of hydrogen-bond donors (Lipinski definition) is 1. The maximum absolute atomic E-state index is 12.9. The summed E-state index contributed by atoms with van der Waals surface area (Å²) in [7, 11) is 3.35. The summed E-state index contributed by atoms with van der Waals surface area (Å²) in [6.45, 7) is 0.308. The quantitative estimate of drug-likeness (QED) is 0.618. The maximum Gasteiger partial charge on any atom is 0.255 e. The number of hydrogen-bond acceptors (Lipinski definition) is 7. The van der Waals surface area contributed by atoms with Crippen molar-refractivity contribution in [3.8, 4) is 28.4 Å². The minimum absolute atomic E-state index is 0.203. The van der Waals surface area contributed by atoms with Crippen molar-refractivity contribution in [2.45, 2.75) is 25.4 Å². The van der Waals surface area contributed by atoms with Gasteiger partial charge in [0.1, 0.15) is 11.7 Å². The lowest BCUT2D eigenvalue weighted by molar-refractivity contribution is -0.136. The van der Waals surface area contributed by atoms with E-state index in [0.717, 1.165) is 22.4 Å². The highest BCUT2D eigenvalue weighted by Gasteiger charge is 2.39. The van der Waals surface area contributed by atoms with Crippen LogP contribution in [0.25, 0.3) is 22.5 Å². The summed E-state index contributed by atoms with van der Waals surface area (Å²) in [5.74, 6) is -0.531. The molecule has 10 heteroatoms. The number of nitrogens with zero attached hydrogens (tertiary/aromatic N) is 5. The van der Waals surface area contributed by atoms with Crippen molar-refractivity contribution in [3.63, 3.8) is 0 Å². The number of amides is 3. The van der Waals surface area contributed by atoms with Crippen molar-refractivity contribution in [2.24, 2.45) is 7.05 Å². The molecule has 0 aliphatic carbocycles. The van der Waals surface area contributed by atoms with Crippen LogP contribution in [-0.2, 0) is 23.2 Å². The third kappa shape index (κ3) is 3.20. The van der Waals surface area contributed by atoms with E-state index in [1.165, 1.54) is 18.2 Å². The minimum Gasteiger partial charge on any atom is -0.480 e. The Morgan fingerprint density at radius 3 is 2.75 bits per heavy atom. The molecule has 2 aliphatic heterocycles. The van der Waals surface area contributed by atoms with E-state index in [0.29, 0.717) is 30.1 Å². The fraction of sp³-hybridized carbons (Fsp3) is 0.273. The summed E-state index contributed by atoms with van der Waals surface area (Å²) in [5.41, 5.74) is 4.47. The summed E-state index contributed by atoms with van der Waals surface area (Å²) in [6, 6.07) is 4.93. The predicted octanol–water partition coefficient (Wildman–Crippen LogP) is 1.31. The number of carbonyl (C=O) groups excluding carboxylic acids is 3. The van der Waals surface area contributed by atoms with Gasteiger partial charge in [0, 0.05) is 31.1 Å². The first kappa shape index (κ1) is 19.9. The minimum atomic E-state index is -0.642. The molecule has 0 radical (unpaired) electrons. The molecule has 0 bridgehead atoms. The van der Waals surface area contributed by atoms with Gasteiger partial charge in [0.15, 0.2) is 0 Å². The van der Waals surface area contributed by atoms with Crippen LogP contribution in [0.2, 0.25) is 0 Å². The molecule has 1 aromatic carbocycles. The topological polar surface area (TPSA) is 119 Å². The van der Waals surface area contributed by atoms with Crippen molar-refractivity contribution in [3.05, 3.63) is 47.9 Å². The Bertz CT molecular complexity index is 1270. The normalized spacial score (nSPS) is 18.0. The van der Waals surface area contributed by atoms with Gasteiger partial charge in [0.05, 0.1) is 31.4 Å². The van der Waals surface area contributed by atoms with Crippen LogP contribution in [-0.4, -0.2) is 55.5 Å². The Balaban J connectivity index is 1.49. The number of rotatable bonds is 4. The Kier molecular flexibility index (Phi) is 4.69. The van der Waals surface area contributed by atoms with Crippen molar-refractivity contribution in [2.75, 3.05) is 7.11 Å². The number of ether oxygens (including phenoxy) is 1. The van der Waals surface area contributed by atoms with E-state index in [-0.39, 0.29) is 18.2 Å². The van der Waals surface area contributed by atoms with Gasteiger partial charge >= 0.3 is 0 Å². The van der Waals surface area contributed by atoms with Gasteiger partial charge in [-0.25, -0.2) is 4.98 Å². The number of fused-ring (bicyclic) bond motifs is 1. The molecular weight excluding hydrogens is 412 g/mol. The van der Waals surface area contributed by atoms with Gasteiger partial charge < -0.3 is 9.64 Å². The maximum atomic E-state index is 12.9. The lowest BCUT2D eigenvalue weighted by Crippen LogP contribution is -2.52. The average Bonchev–Trinajstić information content (AvgIpc) is 3.33. The molecule has 32 heavy (non-hydrogen) atoms. The van der Waals surface area contributed by atoms with Crippen LogP contribution < -0.4 is 10.1 Å². The molecule has 10 nitrogen and oxygen atoms in total. The van der Waals surface area contributed by atoms with E-state index in [9.17, 15) is 14.4 Å². The highest BCUT2D eigenvalue weighted by atomic mass is 16.5. The molecule has 2 aromatic heterocycles. The van der Waals surface area contributed by atoms with Crippen LogP contribution in [0.5, 0.6) is 5.88 Å². The second-order valence-corrected chi connectivity index (χ2v) is 7.75. The molecule has 1 atom stereocenters. The van der Waals surface area contributed by atoms with Crippen LogP contribution in [0, 0.1) is 0 Å². The van der Waals surface area contributed by atoms with E-state index in [1.807, 2.05) is 19.2 Å². The number of carbonyl (C=O) groups is 3. The summed E-state index contributed by atoms with van der Waals surface area (Å²) in [4.78, 5) is 46.9. The largest absolute Gasteiger partial charge is 0.480 e. The van der Waals surface area contributed by atoms with Crippen molar-refractivity contribution < 1.29 is 19.1 Å². The third-order valence-electron chi connectivity index (χ3n) is 5.84. The first-order valence-electron chi connectivity index (χ1n) is 10.1. The zero-order valence-electron chi connectivity index (χ0n) is 17.5. The highest BCUT2D eigenvalue weighted by molar-refractivity contribution is 6.05. The number of methoxy groups -OCH3 is 1. The number of imide groups is 1. The van der Waals surface area contributed by atoms with Gasteiger partial charge in [-0.3, -0.25) is 29.4 Å². The molecule has 1 fully saturated rings. The van der Waals surface area contributed by atoms with E-state index in [2.05, 4.69) is 20.4 Å². The zero-order valence-corrected chi connectivity index (χ0v) is 17.5. The van der Waals surface area contributed by atoms with E-state index < -0.39 is 11.9 Å². The van der Waals surface area contributed by atoms with E-state index in [1.54, 1.807) is 23.1 Å². The summed E-state index contributed by atoms with van der Waals surface area (Å²) < 4.78 is 6.91. The van der Waals surface area contributed by atoms with Gasteiger partial charge in [0.2, 0.25) is 17.7 Å². The highest BCUT2D eigenvalue weighted by Crippen LogP contribution is 2.35. The second-order valence-electron chi connectivity index (χ2n) is 7.75. The second kappa shape index (κ2) is 7.56. The molecular formula is C22H20N6O4. The standard InChI is InChI=1S/C22H20N6O4/c1-27-20(16-9-23-10-19(25-16)32-2)15(8-24-27)12-3-4-14-13(7-12)11-28(22(14)31)17-5-6-18(29)26-21(17)30/h3-4,7-10,17H,5-6,11H2,1-2H3,(H,26,29,30)/t17-/m0/s1. The van der Waals surface area contributed by atoms with Gasteiger partial charge in [-0.05, 0) is 29.7 Å². The molecule has 3 amide bonds. The van der Waals surface area contributed by atoms with Gasteiger partial charge in [-0.15, -0.1) is 0 Å². The van der Waals surface area contributed by atoms with Crippen LogP contribution in [0.1, 0.15) is 28.8 Å². The molecule has 0 unspecified atom stereocenters. The van der Waals surface area contributed by atoms with Gasteiger partial charge in [0.25, 0.3) is 5.91 Å². The number of piperidine rings is 1. The number of benzene rings is 1. The molecule has 1 saturated heterocycles. The van der Waals surface area contributed by atoms with Crippen LogP contribution in [0.3, 0.4) is 0 Å². The average molecular weight is 432 g/mol. The van der Waals surface area contributed by atoms with Gasteiger partial charge in [-0.1, -0.05) is 6.07 Å². The Labute approximate surface area is 183 Å². The van der Waals surface area contributed by atoms with Gasteiger partial charge in [-0.2, -0.15) is 5.10 Å². The van der Waals surface area contributed by atoms with E-state index in [4.69, 9.17) is 4.74 Å². The Hall–Kier alpha value is -4.08. The molecule has 162 valence electrons. The first-order chi connectivity index (χ1) is 15.5. The molecule has 2 aliphatic rings. The van der Waals surface area contributed by atoms with Crippen LogP contribution >= 0.6 is 0 Å². The third-order valence-corrected chi connectivity index (χ3v) is 5.84.